The number of halogens is 2. The maximum atomic E-state index is 13.7. The minimum atomic E-state index is -0.340. The maximum absolute atomic E-state index is 13.7. The largest absolute Gasteiger partial charge is 0.396 e. The Morgan fingerprint density at radius 3 is 2.88 bits per heavy atom. The van der Waals surface area contributed by atoms with Crippen molar-refractivity contribution < 1.29 is 14.2 Å². The predicted octanol–water partition coefficient (Wildman–Crippen LogP) is 2.81. The molecule has 4 heteroatoms. The summed E-state index contributed by atoms with van der Waals surface area (Å²) < 4.78 is 19.1. The highest BCUT2D eigenvalue weighted by Crippen LogP contribution is 2.33. The van der Waals surface area contributed by atoms with Gasteiger partial charge in [-0.2, -0.15) is 0 Å². The van der Waals surface area contributed by atoms with E-state index in [0.29, 0.717) is 23.6 Å². The van der Waals surface area contributed by atoms with E-state index < -0.39 is 0 Å². The number of hydrogen-bond donors (Lipinski definition) is 1. The average molecular weight is 259 g/mol. The van der Waals surface area contributed by atoms with Crippen molar-refractivity contribution >= 4 is 11.6 Å². The van der Waals surface area contributed by atoms with Gasteiger partial charge in [0.1, 0.15) is 5.82 Å². The van der Waals surface area contributed by atoms with E-state index in [0.717, 1.165) is 19.4 Å². The SMILES string of the molecule is OCC1(Cc2ccc(Cl)cc2F)CCCOC1. The quantitative estimate of drug-likeness (QED) is 0.903. The van der Waals surface area contributed by atoms with Crippen LogP contribution in [-0.2, 0) is 11.2 Å². The zero-order valence-corrected chi connectivity index (χ0v) is 10.3. The molecule has 0 aliphatic carbocycles. The van der Waals surface area contributed by atoms with Crippen LogP contribution in [0, 0.1) is 11.2 Å². The van der Waals surface area contributed by atoms with Gasteiger partial charge in [0.2, 0.25) is 0 Å². The summed E-state index contributed by atoms with van der Waals surface area (Å²) in [6.07, 6.45) is 2.27. The van der Waals surface area contributed by atoms with E-state index in [1.807, 2.05) is 0 Å². The topological polar surface area (TPSA) is 29.5 Å². The Labute approximate surface area is 105 Å². The first kappa shape index (κ1) is 12.8. The van der Waals surface area contributed by atoms with E-state index in [4.69, 9.17) is 16.3 Å². The third-order valence-corrected chi connectivity index (χ3v) is 3.56. The van der Waals surface area contributed by atoms with E-state index in [-0.39, 0.29) is 17.8 Å². The molecular formula is C13H16ClFO2. The number of rotatable bonds is 3. The summed E-state index contributed by atoms with van der Waals surface area (Å²) in [7, 11) is 0. The van der Waals surface area contributed by atoms with Crippen LogP contribution in [0.1, 0.15) is 18.4 Å². The molecule has 0 aromatic heterocycles. The van der Waals surface area contributed by atoms with Crippen LogP contribution in [0.15, 0.2) is 18.2 Å². The highest BCUT2D eigenvalue weighted by Gasteiger charge is 2.33. The standard InChI is InChI=1S/C13H16ClFO2/c14-11-3-2-10(12(15)6-11)7-13(8-16)4-1-5-17-9-13/h2-3,6,16H,1,4-5,7-9H2. The van der Waals surface area contributed by atoms with Crippen molar-refractivity contribution in [3.05, 3.63) is 34.6 Å². The summed E-state index contributed by atoms with van der Waals surface area (Å²) in [6.45, 7) is 1.24. The molecule has 1 aromatic carbocycles. The third-order valence-electron chi connectivity index (χ3n) is 3.32. The fraction of sp³-hybridized carbons (Fsp3) is 0.538. The molecule has 0 radical (unpaired) electrons. The summed E-state index contributed by atoms with van der Waals surface area (Å²) in [4.78, 5) is 0. The van der Waals surface area contributed by atoms with Gasteiger partial charge < -0.3 is 9.84 Å². The van der Waals surface area contributed by atoms with Crippen LogP contribution in [0.3, 0.4) is 0 Å². The van der Waals surface area contributed by atoms with Crippen molar-refractivity contribution in [2.24, 2.45) is 5.41 Å². The Bertz CT molecular complexity index is 389. The van der Waals surface area contributed by atoms with Crippen molar-refractivity contribution in [2.75, 3.05) is 19.8 Å². The van der Waals surface area contributed by atoms with E-state index in [9.17, 15) is 9.50 Å². The van der Waals surface area contributed by atoms with Gasteiger partial charge in [0.25, 0.3) is 0 Å². The fourth-order valence-electron chi connectivity index (χ4n) is 2.30. The predicted molar refractivity (Wildman–Crippen MR) is 64.7 cm³/mol. The smallest absolute Gasteiger partial charge is 0.127 e. The Morgan fingerprint density at radius 1 is 1.47 bits per heavy atom. The molecular weight excluding hydrogens is 243 g/mol. The van der Waals surface area contributed by atoms with Crippen LogP contribution in [0.4, 0.5) is 4.39 Å². The van der Waals surface area contributed by atoms with Crippen LogP contribution in [-0.4, -0.2) is 24.9 Å². The lowest BCUT2D eigenvalue weighted by Gasteiger charge is -2.35. The van der Waals surface area contributed by atoms with E-state index in [1.165, 1.54) is 6.07 Å². The van der Waals surface area contributed by atoms with Crippen LogP contribution in [0.2, 0.25) is 5.02 Å². The molecule has 0 saturated carbocycles. The first-order valence-electron chi connectivity index (χ1n) is 5.78. The Morgan fingerprint density at radius 2 is 2.29 bits per heavy atom. The molecule has 1 aromatic rings. The molecule has 1 aliphatic heterocycles. The second-order valence-corrected chi connectivity index (χ2v) is 5.16. The maximum Gasteiger partial charge on any atom is 0.127 e. The van der Waals surface area contributed by atoms with Crippen molar-refractivity contribution in [2.45, 2.75) is 19.3 Å². The summed E-state index contributed by atoms with van der Waals surface area (Å²) in [5.74, 6) is -0.309. The van der Waals surface area contributed by atoms with Gasteiger partial charge >= 0.3 is 0 Å². The number of hydrogen-bond acceptors (Lipinski definition) is 2. The van der Waals surface area contributed by atoms with Crippen molar-refractivity contribution in [1.29, 1.82) is 0 Å². The molecule has 94 valence electrons. The van der Waals surface area contributed by atoms with Crippen molar-refractivity contribution in [3.63, 3.8) is 0 Å². The Balaban J connectivity index is 2.17. The molecule has 1 unspecified atom stereocenters. The third kappa shape index (κ3) is 2.97. The van der Waals surface area contributed by atoms with Crippen LogP contribution >= 0.6 is 11.6 Å². The van der Waals surface area contributed by atoms with Gasteiger partial charge in [-0.3, -0.25) is 0 Å². The molecule has 1 atom stereocenters. The Hall–Kier alpha value is -0.640. The van der Waals surface area contributed by atoms with E-state index in [2.05, 4.69) is 0 Å². The molecule has 0 spiro atoms. The monoisotopic (exact) mass is 258 g/mol. The van der Waals surface area contributed by atoms with Crippen molar-refractivity contribution in [1.82, 2.24) is 0 Å². The number of benzene rings is 1. The lowest BCUT2D eigenvalue weighted by molar-refractivity contribution is -0.0382. The zero-order valence-electron chi connectivity index (χ0n) is 9.59. The van der Waals surface area contributed by atoms with Crippen LogP contribution in [0.25, 0.3) is 0 Å². The lowest BCUT2D eigenvalue weighted by atomic mass is 9.78. The highest BCUT2D eigenvalue weighted by atomic mass is 35.5. The molecule has 2 nitrogen and oxygen atoms in total. The number of ether oxygens (including phenoxy) is 1. The summed E-state index contributed by atoms with van der Waals surface area (Å²) in [6, 6.07) is 4.67. The van der Waals surface area contributed by atoms with Gasteiger partial charge in [-0.1, -0.05) is 17.7 Å². The van der Waals surface area contributed by atoms with Gasteiger partial charge in [0.05, 0.1) is 13.2 Å². The molecule has 1 fully saturated rings. The van der Waals surface area contributed by atoms with Gasteiger partial charge in [0, 0.05) is 17.0 Å². The lowest BCUT2D eigenvalue weighted by Crippen LogP contribution is -2.37. The minimum absolute atomic E-state index is 0.0229. The fourth-order valence-corrected chi connectivity index (χ4v) is 2.46. The molecule has 1 saturated heterocycles. The minimum Gasteiger partial charge on any atom is -0.396 e. The van der Waals surface area contributed by atoms with E-state index >= 15 is 0 Å². The highest BCUT2D eigenvalue weighted by molar-refractivity contribution is 6.30. The Kier molecular flexibility index (Phi) is 4.02. The normalized spacial score (nSPS) is 24.9. The number of aliphatic hydroxyl groups is 1. The van der Waals surface area contributed by atoms with Crippen LogP contribution in [0.5, 0.6) is 0 Å². The summed E-state index contributed by atoms with van der Waals surface area (Å²) in [5, 5.41) is 9.91. The number of aliphatic hydroxyl groups excluding tert-OH is 1. The first-order chi connectivity index (χ1) is 8.15. The molecule has 2 rings (SSSR count). The summed E-state index contributed by atoms with van der Waals surface area (Å²) >= 11 is 5.71. The second-order valence-electron chi connectivity index (χ2n) is 4.73. The van der Waals surface area contributed by atoms with Gasteiger partial charge in [0.15, 0.2) is 0 Å². The van der Waals surface area contributed by atoms with Gasteiger partial charge in [-0.05, 0) is 37.0 Å². The molecule has 1 heterocycles. The molecule has 17 heavy (non-hydrogen) atoms. The van der Waals surface area contributed by atoms with E-state index in [1.54, 1.807) is 12.1 Å². The summed E-state index contributed by atoms with van der Waals surface area (Å²) in [5.41, 5.74) is 0.251. The van der Waals surface area contributed by atoms with Gasteiger partial charge in [-0.15, -0.1) is 0 Å². The first-order valence-corrected chi connectivity index (χ1v) is 6.16. The second kappa shape index (κ2) is 5.34. The van der Waals surface area contributed by atoms with Crippen molar-refractivity contribution in [3.8, 4) is 0 Å². The molecule has 0 amide bonds. The molecule has 1 aliphatic rings. The molecule has 0 bridgehead atoms. The van der Waals surface area contributed by atoms with Crippen LogP contribution < -0.4 is 0 Å². The average Bonchev–Trinajstić information content (AvgIpc) is 2.34. The van der Waals surface area contributed by atoms with Gasteiger partial charge in [-0.25, -0.2) is 4.39 Å². The molecule has 1 N–H and O–H groups in total. The zero-order chi connectivity index (χ0) is 12.3.